The van der Waals surface area contributed by atoms with E-state index in [0.717, 1.165) is 60.7 Å². The second kappa shape index (κ2) is 66.8. The molecule has 0 saturated heterocycles. The Morgan fingerprint density at radius 3 is 0.491 bits per heavy atom. The Hall–Kier alpha value is -7.55. The molecule has 6 aromatic carbocycles. The third-order valence-corrected chi connectivity index (χ3v) is 17.1. The number of halogens is 20. The fourth-order valence-electron chi connectivity index (χ4n) is 7.75. The quantitative estimate of drug-likeness (QED) is 0.0360. The number of hydrogen-bond acceptors (Lipinski definition) is 5. The molecular weight excluding hydrogens is 2130 g/mol. The minimum Gasteiger partial charge on any atom is -0.0622 e. The number of hydrogen-bond donors (Lipinski definition) is 0. The molecule has 11 rings (SSSR count). The molecule has 112 heavy (non-hydrogen) atoms. The fraction of sp³-hybridized carbons (Fsp3) is 0.0676. The first-order valence-corrected chi connectivity index (χ1v) is 42.8. The summed E-state index contributed by atoms with van der Waals surface area (Å²) in [6, 6.07) is 74.0. The van der Waals surface area contributed by atoms with Gasteiger partial charge in [-0.3, -0.25) is 19.9 Å². The molecule has 0 radical (unpaired) electrons. The third kappa shape index (κ3) is 45.4. The number of pyridine rings is 5. The van der Waals surface area contributed by atoms with Crippen LogP contribution in [-0.4, -0.2) is 24.9 Å². The van der Waals surface area contributed by atoms with Crippen LogP contribution in [0.25, 0.3) is 22.8 Å². The van der Waals surface area contributed by atoms with E-state index in [1.807, 2.05) is 0 Å². The van der Waals surface area contributed by atoms with Gasteiger partial charge < -0.3 is 0 Å². The molecule has 5 heterocycles. The Bertz CT molecular complexity index is 3770. The molecule has 13 nitrogen and oxygen atoms in total. The van der Waals surface area contributed by atoms with Gasteiger partial charge in [0, 0.05) is 31.0 Å². The standard InChI is InChI=1S/2C18H15P.2C12H6F6N2.C6H3ClF3N.8CO.2BrH.2ClH.Ni.2Re/c2*1-4-10-16(11-5-1)19(17-12-6-2-7-13-17)18-14-8-3-9-15-18;2*13-11(14,15)7-1-3-9(19-5-7)10-4-2-8(6-20-10)12(16,17)18;7-5-2-1-4(3-11-5)6(8,9)10;8*1-2;;;;;;;/h2*1-15H;2*1-6H;1-3H;;;;;;;;;4*1H;;;/q;;;;;;;;;;;;;;;;;+2;2*+1/p-4. The van der Waals surface area contributed by atoms with Crippen molar-refractivity contribution in [3.63, 3.8) is 0 Å². The zero-order chi connectivity index (χ0) is 87.0. The first kappa shape index (κ1) is 113. The van der Waals surface area contributed by atoms with Crippen LogP contribution < -0.4 is 31.8 Å². The predicted molar refractivity (Wildman–Crippen MR) is 380 cm³/mol. The van der Waals surface area contributed by atoms with Crippen molar-refractivity contribution in [2.24, 2.45) is 0 Å². The van der Waals surface area contributed by atoms with Crippen LogP contribution in [0.15, 0.2) is 274 Å². The van der Waals surface area contributed by atoms with Crippen molar-refractivity contribution < 1.29 is 150 Å². The first-order chi connectivity index (χ1) is 53.7. The monoisotopic (exact) mass is 2170 g/mol. The van der Waals surface area contributed by atoms with Crippen LogP contribution >= 0.6 is 75.0 Å². The largest absolute Gasteiger partial charge is 0.0622 e. The summed E-state index contributed by atoms with van der Waals surface area (Å²) < 4.78 is 243. The Labute approximate surface area is 689 Å². The van der Waals surface area contributed by atoms with Crippen LogP contribution in [0.5, 0.6) is 0 Å². The summed E-state index contributed by atoms with van der Waals surface area (Å²) in [6.45, 7) is 36.0. The van der Waals surface area contributed by atoms with E-state index in [1.165, 1.54) is 79.1 Å². The summed E-state index contributed by atoms with van der Waals surface area (Å²) >= 11 is 13.7. The molecule has 0 aliphatic carbocycles. The van der Waals surface area contributed by atoms with Gasteiger partial charge in [-0.15, -0.1) is 0 Å². The number of aromatic nitrogens is 5. The molecule has 0 atom stereocenters. The molecule has 5 aromatic heterocycles. The number of nitrogens with zero attached hydrogens (tertiary/aromatic N) is 5. The molecule has 38 heteroatoms. The maximum atomic E-state index is 12.3. The van der Waals surface area contributed by atoms with Crippen molar-refractivity contribution in [2.75, 3.05) is 0 Å². The van der Waals surface area contributed by atoms with Gasteiger partial charge in [0.15, 0.2) is 0 Å². The summed E-state index contributed by atoms with van der Waals surface area (Å²) in [7, 11) is 9.75. The van der Waals surface area contributed by atoms with Gasteiger partial charge in [-0.1, -0.05) is 194 Å². The van der Waals surface area contributed by atoms with E-state index in [4.69, 9.17) is 67.9 Å². The van der Waals surface area contributed by atoms with Crippen LogP contribution in [0.1, 0.15) is 27.8 Å². The maximum absolute atomic E-state index is 12.3. The summed E-state index contributed by atoms with van der Waals surface area (Å²) in [5.74, 6) is 0. The van der Waals surface area contributed by atoms with Crippen molar-refractivity contribution in [2.45, 2.75) is 30.9 Å². The average Bonchev–Trinajstić information content (AvgIpc) is 0.844. The molecular formula is C74H45Br2Cl3F15N5NiO8P2Re2. The van der Waals surface area contributed by atoms with E-state index in [9.17, 15) is 65.9 Å². The molecule has 0 amide bonds. The molecule has 0 aliphatic rings. The van der Waals surface area contributed by atoms with Crippen LogP contribution in [-0.2, 0) is 115 Å². The van der Waals surface area contributed by atoms with E-state index >= 15 is 0 Å². The summed E-state index contributed by atoms with van der Waals surface area (Å²) in [5.41, 5.74) is -4.29. The van der Waals surface area contributed by atoms with Crippen molar-refractivity contribution in [1.82, 2.24) is 24.9 Å². The van der Waals surface area contributed by atoms with E-state index in [-0.39, 0.29) is 27.9 Å². The minimum absolute atomic E-state index is 0.0537. The van der Waals surface area contributed by atoms with E-state index < -0.39 is 74.5 Å². The summed E-state index contributed by atoms with van der Waals surface area (Å²) in [6.07, 6.45) is -19.3. The Morgan fingerprint density at radius 2 is 0.384 bits per heavy atom. The minimum atomic E-state index is -4.51. The summed E-state index contributed by atoms with van der Waals surface area (Å²) in [4.78, 5) is 17.5. The second-order valence-electron chi connectivity index (χ2n) is 18.3. The molecule has 11 aromatic rings. The topological polar surface area (TPSA) is 224 Å². The van der Waals surface area contributed by atoms with Crippen molar-refractivity contribution in [3.8, 4) is 22.8 Å². The molecule has 0 saturated carbocycles. The zero-order valence-corrected chi connectivity index (χ0v) is 69.2. The number of alkyl halides is 15. The predicted octanol–water partition coefficient (Wildman–Crippen LogP) is 20.8. The number of rotatable bonds is 8. The van der Waals surface area contributed by atoms with Gasteiger partial charge in [0.05, 0.1) is 50.6 Å². The van der Waals surface area contributed by atoms with Crippen molar-refractivity contribution in [1.29, 1.82) is 0 Å². The molecule has 0 bridgehead atoms. The van der Waals surface area contributed by atoms with Gasteiger partial charge in [-0.05, 0) is 108 Å². The molecule has 588 valence electrons. The van der Waals surface area contributed by atoms with Gasteiger partial charge in [0.2, 0.25) is 0 Å². The molecule has 0 fully saturated rings. The van der Waals surface area contributed by atoms with Gasteiger partial charge >= 0.3 is 216 Å². The molecule has 0 aliphatic heterocycles. The van der Waals surface area contributed by atoms with E-state index in [2.05, 4.69) is 289 Å². The van der Waals surface area contributed by atoms with Gasteiger partial charge in [0.1, 0.15) is 5.15 Å². The Kier molecular flexibility index (Phi) is 67.5. The Morgan fingerprint density at radius 1 is 0.250 bits per heavy atom. The zero-order valence-electron chi connectivity index (χ0n) is 55.5. The third-order valence-electron chi connectivity index (χ3n) is 12.0. The molecule has 0 unspecified atom stereocenters. The first-order valence-electron chi connectivity index (χ1n) is 28.1. The van der Waals surface area contributed by atoms with Crippen LogP contribution in [0, 0.1) is 53.2 Å². The summed E-state index contributed by atoms with van der Waals surface area (Å²) in [5, 5.41) is 8.44. The number of benzene rings is 6. The second-order valence-corrected chi connectivity index (χ2v) is 28.1. The molecule has 0 spiro atoms. The molecule has 0 N–H and O–H groups in total. The van der Waals surface area contributed by atoms with Crippen molar-refractivity contribution in [3.05, 3.63) is 360 Å². The van der Waals surface area contributed by atoms with Crippen LogP contribution in [0.3, 0.4) is 0 Å². The normalized spacial score (nSPS) is 9.64. The van der Waals surface area contributed by atoms with Gasteiger partial charge in [0.25, 0.3) is 0 Å². The smallest absolute Gasteiger partial charge is 0.0134 e. The van der Waals surface area contributed by atoms with E-state index in [1.54, 1.807) is 0 Å². The van der Waals surface area contributed by atoms with Crippen molar-refractivity contribution >= 4 is 107 Å². The van der Waals surface area contributed by atoms with Crippen LogP contribution in [0.2, 0.25) is 5.15 Å². The van der Waals surface area contributed by atoms with E-state index in [0.29, 0.717) is 31.0 Å². The maximum Gasteiger partial charge on any atom is -0.0134 e. The Balaban J connectivity index is -0.000000402. The van der Waals surface area contributed by atoms with Gasteiger partial charge in [-0.25, -0.2) is 4.98 Å². The fourth-order valence-corrected chi connectivity index (χ4v) is 12.5. The van der Waals surface area contributed by atoms with Gasteiger partial charge in [-0.2, -0.15) is 65.9 Å². The average molecular weight is 2180 g/mol. The SMILES string of the molecule is FC(F)(F)c1ccc(-c2ccc(C(F)(F)F)cn2)nc1.FC(F)(F)c1ccc(-c2ccc(C(F)(F)F)cn2)nc1.FC(F)(F)c1ccc(Cl)nc1.[Br][Ni][Br].[C-]#[O+].[C-]#[O+].[C-]#[O+].[C-]#[O+].[C-]#[O+].[C-]#[O+].[C-]#[O+].[C-]#[O+].[Cl][Re].[Cl][Re].c1ccc(P(c2ccccc2)c2ccccc2)cc1.c1ccc(P(c2ccccc2)c2ccccc2)cc1. The van der Waals surface area contributed by atoms with Crippen LogP contribution in [0.4, 0.5) is 65.9 Å².